The van der Waals surface area contributed by atoms with Crippen molar-refractivity contribution in [2.24, 2.45) is 0 Å². The van der Waals surface area contributed by atoms with Gasteiger partial charge in [-0.05, 0) is 24.3 Å². The number of carbonyl (C=O) groups is 3. The maximum Gasteiger partial charge on any atom is 0.243 e. The van der Waals surface area contributed by atoms with Gasteiger partial charge in [-0.3, -0.25) is 14.4 Å². The third kappa shape index (κ3) is 6.42. The summed E-state index contributed by atoms with van der Waals surface area (Å²) in [5.41, 5.74) is 0.588. The maximum absolute atomic E-state index is 11.5. The molecule has 0 heterocycles. The van der Waals surface area contributed by atoms with Crippen LogP contribution >= 0.6 is 11.6 Å². The third-order valence-corrected chi connectivity index (χ3v) is 2.32. The average Bonchev–Trinajstić information content (AvgIpc) is 2.36. The second-order valence-electron chi connectivity index (χ2n) is 3.74. The van der Waals surface area contributed by atoms with Crippen LogP contribution < -0.4 is 16.0 Å². The Morgan fingerprint density at radius 2 is 1.58 bits per heavy atom. The fraction of sp³-hybridized carbons (Fsp3) is 0.250. The summed E-state index contributed by atoms with van der Waals surface area (Å²) >= 11 is 5.71. The minimum absolute atomic E-state index is 0.149. The van der Waals surface area contributed by atoms with Crippen molar-refractivity contribution in [3.63, 3.8) is 0 Å². The SMILES string of the molecule is CC(=O)NCC(=O)NCC(=O)Nc1ccc(Cl)cc1. The van der Waals surface area contributed by atoms with Gasteiger partial charge in [0, 0.05) is 17.6 Å². The zero-order chi connectivity index (χ0) is 14.3. The Kier molecular flexibility index (Phi) is 5.81. The molecule has 102 valence electrons. The number of nitrogens with one attached hydrogen (secondary N) is 3. The first-order chi connectivity index (χ1) is 8.97. The lowest BCUT2D eigenvalue weighted by Crippen LogP contribution is -2.39. The van der Waals surface area contributed by atoms with E-state index in [4.69, 9.17) is 11.6 Å². The molecule has 7 heteroatoms. The number of hydrogen-bond acceptors (Lipinski definition) is 3. The summed E-state index contributed by atoms with van der Waals surface area (Å²) in [5, 5.41) is 7.87. The molecule has 1 aromatic carbocycles. The zero-order valence-corrected chi connectivity index (χ0v) is 11.1. The molecule has 0 aliphatic carbocycles. The number of benzene rings is 1. The molecule has 1 rings (SSSR count). The number of rotatable bonds is 5. The molecule has 19 heavy (non-hydrogen) atoms. The van der Waals surface area contributed by atoms with Gasteiger partial charge in [0.1, 0.15) is 0 Å². The van der Waals surface area contributed by atoms with E-state index >= 15 is 0 Å². The fourth-order valence-electron chi connectivity index (χ4n) is 1.18. The molecule has 0 unspecified atom stereocenters. The van der Waals surface area contributed by atoms with E-state index in [1.54, 1.807) is 24.3 Å². The average molecular weight is 284 g/mol. The van der Waals surface area contributed by atoms with Crippen LogP contribution in [-0.4, -0.2) is 30.8 Å². The first-order valence-corrected chi connectivity index (χ1v) is 5.91. The maximum atomic E-state index is 11.5. The standard InChI is InChI=1S/C12H14ClN3O3/c1-8(17)14-6-11(18)15-7-12(19)16-10-4-2-9(13)3-5-10/h2-5H,6-7H2,1H3,(H,14,17)(H,15,18)(H,16,19). The first kappa shape index (κ1) is 15.0. The molecule has 6 nitrogen and oxygen atoms in total. The van der Waals surface area contributed by atoms with E-state index in [1.807, 2.05) is 0 Å². The highest BCUT2D eigenvalue weighted by Gasteiger charge is 2.06. The lowest BCUT2D eigenvalue weighted by atomic mass is 10.3. The molecular weight excluding hydrogens is 270 g/mol. The normalized spacial score (nSPS) is 9.58. The minimum Gasteiger partial charge on any atom is -0.347 e. The van der Waals surface area contributed by atoms with Crippen molar-refractivity contribution >= 4 is 35.0 Å². The van der Waals surface area contributed by atoms with Crippen molar-refractivity contribution in [1.29, 1.82) is 0 Å². The van der Waals surface area contributed by atoms with Gasteiger partial charge in [-0.15, -0.1) is 0 Å². The molecule has 3 amide bonds. The van der Waals surface area contributed by atoms with Crippen molar-refractivity contribution in [3.8, 4) is 0 Å². The molecule has 0 fully saturated rings. The van der Waals surface area contributed by atoms with Gasteiger partial charge in [0.05, 0.1) is 13.1 Å². The van der Waals surface area contributed by atoms with Gasteiger partial charge in [-0.2, -0.15) is 0 Å². The first-order valence-electron chi connectivity index (χ1n) is 5.54. The van der Waals surface area contributed by atoms with E-state index in [-0.39, 0.29) is 24.9 Å². The van der Waals surface area contributed by atoms with Gasteiger partial charge in [0.25, 0.3) is 0 Å². The quantitative estimate of drug-likeness (QED) is 0.737. The van der Waals surface area contributed by atoms with Gasteiger partial charge in [0.15, 0.2) is 0 Å². The van der Waals surface area contributed by atoms with Crippen LogP contribution in [0.2, 0.25) is 5.02 Å². The summed E-state index contributed by atoms with van der Waals surface area (Å²) in [6.07, 6.45) is 0. The van der Waals surface area contributed by atoms with E-state index < -0.39 is 5.91 Å². The van der Waals surface area contributed by atoms with Gasteiger partial charge in [0.2, 0.25) is 17.7 Å². The number of anilines is 1. The lowest BCUT2D eigenvalue weighted by molar-refractivity contribution is -0.126. The monoisotopic (exact) mass is 283 g/mol. The molecule has 0 spiro atoms. The molecule has 0 radical (unpaired) electrons. The Morgan fingerprint density at radius 1 is 1.00 bits per heavy atom. The van der Waals surface area contributed by atoms with E-state index in [2.05, 4.69) is 16.0 Å². The Balaban J connectivity index is 2.29. The molecular formula is C12H14ClN3O3. The van der Waals surface area contributed by atoms with E-state index in [0.29, 0.717) is 10.7 Å². The second kappa shape index (κ2) is 7.38. The van der Waals surface area contributed by atoms with Crippen molar-refractivity contribution in [2.75, 3.05) is 18.4 Å². The van der Waals surface area contributed by atoms with Gasteiger partial charge in [-0.25, -0.2) is 0 Å². The van der Waals surface area contributed by atoms with Gasteiger partial charge >= 0.3 is 0 Å². The number of hydrogen-bond donors (Lipinski definition) is 3. The third-order valence-electron chi connectivity index (χ3n) is 2.07. The van der Waals surface area contributed by atoms with Crippen LogP contribution in [0.3, 0.4) is 0 Å². The highest BCUT2D eigenvalue weighted by molar-refractivity contribution is 6.30. The second-order valence-corrected chi connectivity index (χ2v) is 4.18. The Labute approximate surface area is 115 Å². The Morgan fingerprint density at radius 3 is 2.16 bits per heavy atom. The van der Waals surface area contributed by atoms with E-state index in [9.17, 15) is 14.4 Å². The summed E-state index contributed by atoms with van der Waals surface area (Å²) in [4.78, 5) is 33.3. The van der Waals surface area contributed by atoms with Gasteiger partial charge in [-0.1, -0.05) is 11.6 Å². The van der Waals surface area contributed by atoms with Crippen LogP contribution in [0.5, 0.6) is 0 Å². The molecule has 3 N–H and O–H groups in total. The number of halogens is 1. The van der Waals surface area contributed by atoms with Crippen molar-refractivity contribution < 1.29 is 14.4 Å². The minimum atomic E-state index is -0.429. The summed E-state index contributed by atoms with van der Waals surface area (Å²) in [5.74, 6) is -1.10. The van der Waals surface area contributed by atoms with Crippen LogP contribution in [0.25, 0.3) is 0 Å². The molecule has 1 aromatic rings. The van der Waals surface area contributed by atoms with E-state index in [1.165, 1.54) is 6.92 Å². The molecule has 0 saturated heterocycles. The fourth-order valence-corrected chi connectivity index (χ4v) is 1.31. The predicted molar refractivity (Wildman–Crippen MR) is 71.8 cm³/mol. The molecule has 0 saturated carbocycles. The van der Waals surface area contributed by atoms with Gasteiger partial charge < -0.3 is 16.0 Å². The van der Waals surface area contributed by atoms with Crippen LogP contribution in [-0.2, 0) is 14.4 Å². The Hall–Kier alpha value is -2.08. The molecule has 0 aliphatic rings. The van der Waals surface area contributed by atoms with Crippen molar-refractivity contribution in [2.45, 2.75) is 6.92 Å². The summed E-state index contributed by atoms with van der Waals surface area (Å²) in [6.45, 7) is 0.991. The molecule has 0 atom stereocenters. The smallest absolute Gasteiger partial charge is 0.243 e. The predicted octanol–water partition coefficient (Wildman–Crippen LogP) is 0.531. The van der Waals surface area contributed by atoms with Crippen LogP contribution in [0, 0.1) is 0 Å². The molecule has 0 aromatic heterocycles. The summed E-state index contributed by atoms with van der Waals surface area (Å²) in [6, 6.07) is 6.60. The van der Waals surface area contributed by atoms with Crippen molar-refractivity contribution in [1.82, 2.24) is 10.6 Å². The van der Waals surface area contributed by atoms with Crippen molar-refractivity contribution in [3.05, 3.63) is 29.3 Å². The summed E-state index contributed by atoms with van der Waals surface area (Å²) < 4.78 is 0. The molecule has 0 aliphatic heterocycles. The summed E-state index contributed by atoms with van der Waals surface area (Å²) in [7, 11) is 0. The highest BCUT2D eigenvalue weighted by Crippen LogP contribution is 2.12. The number of carbonyl (C=O) groups excluding carboxylic acids is 3. The molecule has 0 bridgehead atoms. The van der Waals surface area contributed by atoms with E-state index in [0.717, 1.165) is 0 Å². The zero-order valence-electron chi connectivity index (χ0n) is 10.3. The largest absolute Gasteiger partial charge is 0.347 e. The van der Waals surface area contributed by atoms with Crippen LogP contribution in [0.15, 0.2) is 24.3 Å². The van der Waals surface area contributed by atoms with Crippen LogP contribution in [0.4, 0.5) is 5.69 Å². The topological polar surface area (TPSA) is 87.3 Å². The van der Waals surface area contributed by atoms with Crippen LogP contribution in [0.1, 0.15) is 6.92 Å². The Bertz CT molecular complexity index is 474. The highest BCUT2D eigenvalue weighted by atomic mass is 35.5. The number of amides is 3. The lowest BCUT2D eigenvalue weighted by Gasteiger charge is -2.07.